The number of nitrogens with zero attached hydrogens (tertiary/aromatic N) is 1. The molecule has 5 nitrogen and oxygen atoms in total. The maximum Gasteiger partial charge on any atom is 0.303 e. The lowest BCUT2D eigenvalue weighted by molar-refractivity contribution is -0.138. The SMILES string of the molecule is CC(C)C(=O)NC1CC(CC(=O)O)CN(C(C)C)C1. The summed E-state index contributed by atoms with van der Waals surface area (Å²) in [4.78, 5) is 24.9. The number of rotatable bonds is 5. The van der Waals surface area contributed by atoms with E-state index in [4.69, 9.17) is 5.11 Å². The number of amides is 1. The molecule has 0 radical (unpaired) electrons. The maximum absolute atomic E-state index is 11.8. The van der Waals surface area contributed by atoms with Gasteiger partial charge in [0, 0.05) is 37.5 Å². The van der Waals surface area contributed by atoms with Gasteiger partial charge < -0.3 is 10.4 Å². The molecule has 1 aliphatic heterocycles. The van der Waals surface area contributed by atoms with Crippen molar-refractivity contribution in [1.82, 2.24) is 10.2 Å². The fourth-order valence-electron chi connectivity index (χ4n) is 2.53. The molecule has 1 heterocycles. The molecule has 1 amide bonds. The molecule has 19 heavy (non-hydrogen) atoms. The molecule has 0 bridgehead atoms. The minimum absolute atomic E-state index is 0.0349. The number of carbonyl (C=O) groups excluding carboxylic acids is 1. The summed E-state index contributed by atoms with van der Waals surface area (Å²) in [5.74, 6) is -0.632. The lowest BCUT2D eigenvalue weighted by atomic mass is 9.90. The normalized spacial score (nSPS) is 24.7. The molecule has 2 unspecified atom stereocenters. The van der Waals surface area contributed by atoms with Gasteiger partial charge in [0.25, 0.3) is 0 Å². The Bertz CT molecular complexity index is 329. The first kappa shape index (κ1) is 16.0. The first-order valence-electron chi connectivity index (χ1n) is 7.05. The monoisotopic (exact) mass is 270 g/mol. The Balaban J connectivity index is 2.64. The van der Waals surface area contributed by atoms with Crippen LogP contribution < -0.4 is 5.32 Å². The molecule has 0 spiro atoms. The summed E-state index contributed by atoms with van der Waals surface area (Å²) < 4.78 is 0. The summed E-state index contributed by atoms with van der Waals surface area (Å²) in [6.07, 6.45) is 0.936. The van der Waals surface area contributed by atoms with Crippen LogP contribution in [-0.2, 0) is 9.59 Å². The molecular weight excluding hydrogens is 244 g/mol. The standard InChI is InChI=1S/C14H26N2O3/c1-9(2)14(19)15-12-5-11(6-13(17)18)7-16(8-12)10(3)4/h9-12H,5-8H2,1-4H3,(H,15,19)(H,17,18). The predicted molar refractivity (Wildman–Crippen MR) is 73.8 cm³/mol. The second-order valence-corrected chi connectivity index (χ2v) is 6.11. The summed E-state index contributed by atoms with van der Waals surface area (Å²) in [7, 11) is 0. The quantitative estimate of drug-likeness (QED) is 0.791. The van der Waals surface area contributed by atoms with E-state index in [9.17, 15) is 9.59 Å². The molecular formula is C14H26N2O3. The number of hydrogen-bond acceptors (Lipinski definition) is 3. The Morgan fingerprint density at radius 1 is 1.26 bits per heavy atom. The van der Waals surface area contributed by atoms with Crippen LogP contribution in [0.2, 0.25) is 0 Å². The third-order valence-corrected chi connectivity index (χ3v) is 3.63. The van der Waals surface area contributed by atoms with Crippen molar-refractivity contribution >= 4 is 11.9 Å². The average molecular weight is 270 g/mol. The molecule has 0 aromatic carbocycles. The zero-order valence-electron chi connectivity index (χ0n) is 12.3. The van der Waals surface area contributed by atoms with Gasteiger partial charge in [-0.15, -0.1) is 0 Å². The van der Waals surface area contributed by atoms with Crippen LogP contribution in [0, 0.1) is 11.8 Å². The van der Waals surface area contributed by atoms with Gasteiger partial charge in [-0.05, 0) is 26.2 Å². The van der Waals surface area contributed by atoms with Gasteiger partial charge in [0.1, 0.15) is 0 Å². The summed E-state index contributed by atoms with van der Waals surface area (Å²) >= 11 is 0. The van der Waals surface area contributed by atoms with E-state index in [1.807, 2.05) is 13.8 Å². The van der Waals surface area contributed by atoms with Crippen LogP contribution in [0.1, 0.15) is 40.5 Å². The number of carboxylic acids is 1. The van der Waals surface area contributed by atoms with Crippen LogP contribution in [0.4, 0.5) is 0 Å². The summed E-state index contributed by atoms with van der Waals surface area (Å²) in [6.45, 7) is 9.55. The molecule has 0 aromatic heterocycles. The minimum atomic E-state index is -0.760. The number of carboxylic acid groups (broad SMARTS) is 1. The highest BCUT2D eigenvalue weighted by Crippen LogP contribution is 2.22. The lowest BCUT2D eigenvalue weighted by Gasteiger charge is -2.40. The van der Waals surface area contributed by atoms with E-state index in [1.165, 1.54) is 0 Å². The van der Waals surface area contributed by atoms with Crippen LogP contribution in [-0.4, -0.2) is 47.1 Å². The lowest BCUT2D eigenvalue weighted by Crippen LogP contribution is -2.53. The number of carbonyl (C=O) groups is 2. The fraction of sp³-hybridized carbons (Fsp3) is 0.857. The molecule has 2 atom stereocenters. The number of likely N-dealkylation sites (tertiary alicyclic amines) is 1. The second-order valence-electron chi connectivity index (χ2n) is 6.11. The van der Waals surface area contributed by atoms with E-state index in [0.717, 1.165) is 19.5 Å². The molecule has 2 N–H and O–H groups in total. The Morgan fingerprint density at radius 3 is 2.37 bits per heavy atom. The highest BCUT2D eigenvalue weighted by atomic mass is 16.4. The minimum Gasteiger partial charge on any atom is -0.481 e. The smallest absolute Gasteiger partial charge is 0.303 e. The molecule has 1 fully saturated rings. The summed E-state index contributed by atoms with van der Waals surface area (Å²) in [5, 5.41) is 12.0. The van der Waals surface area contributed by atoms with Gasteiger partial charge in [0.2, 0.25) is 5.91 Å². The largest absolute Gasteiger partial charge is 0.481 e. The molecule has 110 valence electrons. The molecule has 1 saturated heterocycles. The highest BCUT2D eigenvalue weighted by molar-refractivity contribution is 5.78. The molecule has 5 heteroatoms. The van der Waals surface area contributed by atoms with Gasteiger partial charge >= 0.3 is 5.97 Å². The van der Waals surface area contributed by atoms with Gasteiger partial charge in [-0.2, -0.15) is 0 Å². The first-order valence-corrected chi connectivity index (χ1v) is 7.05. The van der Waals surface area contributed by atoms with Crippen molar-refractivity contribution in [2.75, 3.05) is 13.1 Å². The molecule has 1 rings (SSSR count). The molecule has 0 aliphatic carbocycles. The van der Waals surface area contributed by atoms with Gasteiger partial charge in [-0.3, -0.25) is 14.5 Å². The fourth-order valence-corrected chi connectivity index (χ4v) is 2.53. The zero-order valence-corrected chi connectivity index (χ0v) is 12.3. The second kappa shape index (κ2) is 6.89. The zero-order chi connectivity index (χ0) is 14.6. The van der Waals surface area contributed by atoms with E-state index in [1.54, 1.807) is 0 Å². The van der Waals surface area contributed by atoms with Gasteiger partial charge in [0.05, 0.1) is 0 Å². The first-order chi connectivity index (χ1) is 8.79. The number of aliphatic carboxylic acids is 1. The predicted octanol–water partition coefficient (Wildman–Crippen LogP) is 1.33. The van der Waals surface area contributed by atoms with Crippen molar-refractivity contribution in [2.24, 2.45) is 11.8 Å². The Hall–Kier alpha value is -1.10. The van der Waals surface area contributed by atoms with Crippen molar-refractivity contribution in [3.63, 3.8) is 0 Å². The Labute approximate surface area is 115 Å². The number of piperidine rings is 1. The average Bonchev–Trinajstić information content (AvgIpc) is 2.27. The van der Waals surface area contributed by atoms with Crippen LogP contribution >= 0.6 is 0 Å². The van der Waals surface area contributed by atoms with Crippen molar-refractivity contribution in [2.45, 2.75) is 52.6 Å². The third-order valence-electron chi connectivity index (χ3n) is 3.63. The summed E-state index contributed by atoms with van der Waals surface area (Å²) in [6, 6.07) is 0.436. The van der Waals surface area contributed by atoms with Crippen molar-refractivity contribution in [3.05, 3.63) is 0 Å². The van der Waals surface area contributed by atoms with E-state index in [0.29, 0.717) is 6.04 Å². The highest BCUT2D eigenvalue weighted by Gasteiger charge is 2.30. The molecule has 1 aliphatic rings. The van der Waals surface area contributed by atoms with Crippen LogP contribution in [0.25, 0.3) is 0 Å². The van der Waals surface area contributed by atoms with Crippen molar-refractivity contribution < 1.29 is 14.7 Å². The van der Waals surface area contributed by atoms with E-state index in [-0.39, 0.29) is 30.2 Å². The van der Waals surface area contributed by atoms with Crippen molar-refractivity contribution in [1.29, 1.82) is 0 Å². The topological polar surface area (TPSA) is 69.6 Å². The van der Waals surface area contributed by atoms with E-state index in [2.05, 4.69) is 24.1 Å². The molecule has 0 aromatic rings. The number of hydrogen-bond donors (Lipinski definition) is 2. The van der Waals surface area contributed by atoms with Gasteiger partial charge in [-0.1, -0.05) is 13.8 Å². The van der Waals surface area contributed by atoms with Crippen LogP contribution in [0.15, 0.2) is 0 Å². The number of nitrogens with one attached hydrogen (secondary N) is 1. The van der Waals surface area contributed by atoms with Gasteiger partial charge in [-0.25, -0.2) is 0 Å². The molecule has 0 saturated carbocycles. The maximum atomic E-state index is 11.8. The Kier molecular flexibility index (Phi) is 5.79. The Morgan fingerprint density at radius 2 is 1.89 bits per heavy atom. The van der Waals surface area contributed by atoms with E-state index < -0.39 is 5.97 Å². The van der Waals surface area contributed by atoms with Gasteiger partial charge in [0.15, 0.2) is 0 Å². The third kappa shape index (κ3) is 5.19. The van der Waals surface area contributed by atoms with Crippen LogP contribution in [0.5, 0.6) is 0 Å². The van der Waals surface area contributed by atoms with Crippen molar-refractivity contribution in [3.8, 4) is 0 Å². The van der Waals surface area contributed by atoms with E-state index >= 15 is 0 Å². The van der Waals surface area contributed by atoms with Crippen LogP contribution in [0.3, 0.4) is 0 Å². The summed E-state index contributed by atoms with van der Waals surface area (Å²) in [5.41, 5.74) is 0.